The molecule has 0 bridgehead atoms. The van der Waals surface area contributed by atoms with Gasteiger partial charge in [-0.05, 0) is 0 Å². The summed E-state index contributed by atoms with van der Waals surface area (Å²) >= 11 is 0. The van der Waals surface area contributed by atoms with Crippen LogP contribution in [0, 0.1) is 11.3 Å². The van der Waals surface area contributed by atoms with Gasteiger partial charge in [0.05, 0.1) is 12.7 Å². The van der Waals surface area contributed by atoms with E-state index in [0.717, 1.165) is 7.11 Å². The minimum absolute atomic E-state index is 0.456. The van der Waals surface area contributed by atoms with Crippen LogP contribution >= 0.6 is 0 Å². The van der Waals surface area contributed by atoms with Crippen LogP contribution in [0.3, 0.4) is 0 Å². The van der Waals surface area contributed by atoms with Crippen LogP contribution in [0.4, 0.5) is 22.0 Å². The van der Waals surface area contributed by atoms with Gasteiger partial charge in [0, 0.05) is 12.1 Å². The molecule has 0 atom stereocenters. The SMILES string of the molecule is COC(=O)c1cc(OC(F)F)c(C#N)cc1OC(F)(F)F. The predicted octanol–water partition coefficient (Wildman–Crippen LogP) is 2.84. The molecule has 21 heavy (non-hydrogen) atoms. The summed E-state index contributed by atoms with van der Waals surface area (Å²) in [4.78, 5) is 11.4. The largest absolute Gasteiger partial charge is 0.573 e. The number of carbonyl (C=O) groups excluding carboxylic acids is 1. The van der Waals surface area contributed by atoms with Crippen LogP contribution in [0.25, 0.3) is 0 Å². The number of hydrogen-bond acceptors (Lipinski definition) is 5. The Morgan fingerprint density at radius 3 is 2.33 bits per heavy atom. The monoisotopic (exact) mass is 311 g/mol. The number of halogens is 5. The van der Waals surface area contributed by atoms with E-state index >= 15 is 0 Å². The van der Waals surface area contributed by atoms with Gasteiger partial charge in [-0.2, -0.15) is 14.0 Å². The van der Waals surface area contributed by atoms with Gasteiger partial charge in [-0.3, -0.25) is 0 Å². The first-order valence-electron chi connectivity index (χ1n) is 5.05. The van der Waals surface area contributed by atoms with Gasteiger partial charge in [0.25, 0.3) is 0 Å². The van der Waals surface area contributed by atoms with Crippen molar-refractivity contribution in [3.63, 3.8) is 0 Å². The summed E-state index contributed by atoms with van der Waals surface area (Å²) in [6.45, 7) is -3.34. The summed E-state index contributed by atoms with van der Waals surface area (Å²) in [7, 11) is 0.867. The lowest BCUT2D eigenvalue weighted by atomic mass is 10.1. The van der Waals surface area contributed by atoms with Crippen molar-refractivity contribution in [2.45, 2.75) is 13.0 Å². The van der Waals surface area contributed by atoms with Gasteiger partial charge >= 0.3 is 18.9 Å². The minimum Gasteiger partial charge on any atom is -0.465 e. The molecule has 0 fully saturated rings. The van der Waals surface area contributed by atoms with Crippen LogP contribution in [-0.4, -0.2) is 26.1 Å². The van der Waals surface area contributed by atoms with Crippen molar-refractivity contribution >= 4 is 5.97 Å². The molecule has 10 heteroatoms. The van der Waals surface area contributed by atoms with Crippen LogP contribution in [0.5, 0.6) is 11.5 Å². The Bertz CT molecular complexity index is 579. The third kappa shape index (κ3) is 4.48. The molecule has 0 saturated heterocycles. The quantitative estimate of drug-likeness (QED) is 0.632. The molecule has 114 valence electrons. The van der Waals surface area contributed by atoms with E-state index in [2.05, 4.69) is 14.2 Å². The number of rotatable bonds is 4. The van der Waals surface area contributed by atoms with Gasteiger partial charge < -0.3 is 14.2 Å². The standard InChI is InChI=1S/C11H6F5NO4/c1-19-9(18)6-3-7(20-10(12)13)5(4-17)2-8(6)21-11(14,15)16/h2-3,10H,1H3. The maximum Gasteiger partial charge on any atom is 0.573 e. The predicted molar refractivity (Wildman–Crippen MR) is 55.8 cm³/mol. The average molecular weight is 311 g/mol. The third-order valence-electron chi connectivity index (χ3n) is 2.05. The Balaban J connectivity index is 3.42. The zero-order chi connectivity index (χ0) is 16.2. The first-order valence-corrected chi connectivity index (χ1v) is 5.05. The summed E-state index contributed by atoms with van der Waals surface area (Å²) in [5.41, 5.74) is -1.48. The Morgan fingerprint density at radius 1 is 1.29 bits per heavy atom. The molecule has 0 aliphatic rings. The van der Waals surface area contributed by atoms with Crippen LogP contribution < -0.4 is 9.47 Å². The molecule has 0 aliphatic carbocycles. The topological polar surface area (TPSA) is 68.5 Å². The van der Waals surface area contributed by atoms with E-state index < -0.39 is 41.6 Å². The lowest BCUT2D eigenvalue weighted by Crippen LogP contribution is -2.20. The van der Waals surface area contributed by atoms with E-state index in [1.54, 1.807) is 0 Å². The summed E-state index contributed by atoms with van der Waals surface area (Å²) in [6, 6.07) is 2.32. The van der Waals surface area contributed by atoms with Crippen molar-refractivity contribution in [1.82, 2.24) is 0 Å². The molecule has 0 N–H and O–H groups in total. The summed E-state index contributed by atoms with van der Waals surface area (Å²) in [5.74, 6) is -3.12. The van der Waals surface area contributed by atoms with Crippen molar-refractivity contribution in [3.05, 3.63) is 23.3 Å². The number of ether oxygens (including phenoxy) is 3. The molecule has 0 amide bonds. The van der Waals surface area contributed by atoms with Crippen LogP contribution in [0.15, 0.2) is 12.1 Å². The molecule has 0 unspecified atom stereocenters. The number of methoxy groups -OCH3 is 1. The number of carbonyl (C=O) groups is 1. The van der Waals surface area contributed by atoms with Crippen molar-refractivity contribution < 1.29 is 41.0 Å². The number of hydrogen-bond donors (Lipinski definition) is 0. The first-order chi connectivity index (χ1) is 9.67. The highest BCUT2D eigenvalue weighted by molar-refractivity contribution is 5.93. The number of nitrogens with zero attached hydrogens (tertiary/aromatic N) is 1. The van der Waals surface area contributed by atoms with E-state index in [-0.39, 0.29) is 0 Å². The fourth-order valence-electron chi connectivity index (χ4n) is 1.32. The number of nitriles is 1. The molecule has 1 aromatic rings. The maximum absolute atomic E-state index is 12.2. The molecule has 0 radical (unpaired) electrons. The van der Waals surface area contributed by atoms with Crippen molar-refractivity contribution in [2.75, 3.05) is 7.11 Å². The van der Waals surface area contributed by atoms with Crippen LogP contribution in [0.2, 0.25) is 0 Å². The molecule has 0 saturated carbocycles. The highest BCUT2D eigenvalue weighted by atomic mass is 19.4. The Morgan fingerprint density at radius 2 is 1.90 bits per heavy atom. The molecule has 1 aromatic carbocycles. The number of alkyl halides is 5. The maximum atomic E-state index is 12.2. The van der Waals surface area contributed by atoms with Gasteiger partial charge in [-0.15, -0.1) is 13.2 Å². The lowest BCUT2D eigenvalue weighted by Gasteiger charge is -2.14. The zero-order valence-corrected chi connectivity index (χ0v) is 10.2. The molecular weight excluding hydrogens is 305 g/mol. The van der Waals surface area contributed by atoms with E-state index in [4.69, 9.17) is 5.26 Å². The molecule has 0 heterocycles. The highest BCUT2D eigenvalue weighted by Gasteiger charge is 2.34. The van der Waals surface area contributed by atoms with Gasteiger partial charge in [-0.25, -0.2) is 4.79 Å². The third-order valence-corrected chi connectivity index (χ3v) is 2.05. The Kier molecular flexibility index (Phi) is 4.91. The minimum atomic E-state index is -5.15. The molecule has 0 aromatic heterocycles. The first kappa shape index (κ1) is 16.5. The van der Waals surface area contributed by atoms with Crippen LogP contribution in [-0.2, 0) is 4.74 Å². The van der Waals surface area contributed by atoms with Crippen LogP contribution in [0.1, 0.15) is 15.9 Å². The van der Waals surface area contributed by atoms with Gasteiger partial charge in [0.2, 0.25) is 0 Å². The van der Waals surface area contributed by atoms with E-state index in [9.17, 15) is 26.7 Å². The van der Waals surface area contributed by atoms with E-state index in [0.29, 0.717) is 12.1 Å². The molecule has 1 rings (SSSR count). The summed E-state index contributed by atoms with van der Waals surface area (Å²) < 4.78 is 72.7. The summed E-state index contributed by atoms with van der Waals surface area (Å²) in [6.07, 6.45) is -5.15. The average Bonchev–Trinajstić information content (AvgIpc) is 2.36. The Labute approximate surface area is 114 Å². The second kappa shape index (κ2) is 6.25. The zero-order valence-electron chi connectivity index (χ0n) is 10.2. The smallest absolute Gasteiger partial charge is 0.465 e. The van der Waals surface area contributed by atoms with Gasteiger partial charge in [0.1, 0.15) is 23.1 Å². The second-order valence-corrected chi connectivity index (χ2v) is 3.37. The van der Waals surface area contributed by atoms with Gasteiger partial charge in [-0.1, -0.05) is 0 Å². The molecule has 0 spiro atoms. The summed E-state index contributed by atoms with van der Waals surface area (Å²) in [5, 5.41) is 8.71. The molecule has 0 aliphatic heterocycles. The van der Waals surface area contributed by atoms with Crippen molar-refractivity contribution in [3.8, 4) is 17.6 Å². The lowest BCUT2D eigenvalue weighted by molar-refractivity contribution is -0.274. The fraction of sp³-hybridized carbons (Fsp3) is 0.273. The van der Waals surface area contributed by atoms with E-state index in [1.807, 2.05) is 0 Å². The molecule has 5 nitrogen and oxygen atoms in total. The van der Waals surface area contributed by atoms with Crippen molar-refractivity contribution in [2.24, 2.45) is 0 Å². The van der Waals surface area contributed by atoms with E-state index in [1.165, 1.54) is 6.07 Å². The van der Waals surface area contributed by atoms with Crippen molar-refractivity contribution in [1.29, 1.82) is 5.26 Å². The number of benzene rings is 1. The van der Waals surface area contributed by atoms with Gasteiger partial charge in [0.15, 0.2) is 0 Å². The second-order valence-electron chi connectivity index (χ2n) is 3.37. The highest BCUT2D eigenvalue weighted by Crippen LogP contribution is 2.33. The fourth-order valence-corrected chi connectivity index (χ4v) is 1.32. The Hall–Kier alpha value is -2.57. The number of esters is 1. The molecular formula is C11H6F5NO4. The normalized spacial score (nSPS) is 11.0.